The lowest BCUT2D eigenvalue weighted by Gasteiger charge is -2.09. The quantitative estimate of drug-likeness (QED) is 0.696. The van der Waals surface area contributed by atoms with E-state index in [-0.39, 0.29) is 11.7 Å². The predicted octanol–water partition coefficient (Wildman–Crippen LogP) is 4.00. The molecule has 0 unspecified atom stereocenters. The number of rotatable bonds is 6. The number of carbonyl (C=O) groups is 1. The molecule has 2 N–H and O–H groups in total. The van der Waals surface area contributed by atoms with Gasteiger partial charge in [-0.2, -0.15) is 5.26 Å². The van der Waals surface area contributed by atoms with E-state index in [9.17, 15) is 9.18 Å². The molecule has 27 heavy (non-hydrogen) atoms. The van der Waals surface area contributed by atoms with Gasteiger partial charge in [0.25, 0.3) is 5.91 Å². The molecule has 1 aromatic heterocycles. The van der Waals surface area contributed by atoms with Gasteiger partial charge in [-0.15, -0.1) is 0 Å². The first-order valence-corrected chi connectivity index (χ1v) is 8.40. The van der Waals surface area contributed by atoms with E-state index in [0.717, 1.165) is 0 Å². The molecule has 0 saturated heterocycles. The fraction of sp³-hybridized carbons (Fsp3) is 0.0952. The van der Waals surface area contributed by atoms with Crippen molar-refractivity contribution in [3.8, 4) is 6.07 Å². The van der Waals surface area contributed by atoms with Crippen LogP contribution in [0.4, 0.5) is 15.9 Å². The van der Waals surface area contributed by atoms with E-state index >= 15 is 0 Å². The van der Waals surface area contributed by atoms with Crippen LogP contribution in [0.25, 0.3) is 0 Å². The summed E-state index contributed by atoms with van der Waals surface area (Å²) < 4.78 is 13.6. The Morgan fingerprint density at radius 2 is 1.89 bits per heavy atom. The zero-order valence-electron chi connectivity index (χ0n) is 14.4. The molecule has 0 aliphatic heterocycles. The monoisotopic (exact) mass is 360 g/mol. The van der Waals surface area contributed by atoms with Gasteiger partial charge in [0.2, 0.25) is 0 Å². The van der Waals surface area contributed by atoms with Gasteiger partial charge in [-0.25, -0.2) is 9.37 Å². The summed E-state index contributed by atoms with van der Waals surface area (Å²) >= 11 is 0. The van der Waals surface area contributed by atoms with E-state index < -0.39 is 0 Å². The second-order valence-corrected chi connectivity index (χ2v) is 5.84. The molecule has 6 heteroatoms. The number of nitrogens with one attached hydrogen (secondary N) is 2. The minimum atomic E-state index is -0.278. The Hall–Kier alpha value is -3.72. The molecule has 3 rings (SSSR count). The lowest BCUT2D eigenvalue weighted by Crippen LogP contribution is -2.13. The summed E-state index contributed by atoms with van der Waals surface area (Å²) in [6.45, 7) is 0.495. The van der Waals surface area contributed by atoms with Crippen LogP contribution in [-0.2, 0) is 6.42 Å². The summed E-state index contributed by atoms with van der Waals surface area (Å²) in [5.41, 5.74) is 2.20. The summed E-state index contributed by atoms with van der Waals surface area (Å²) in [5, 5.41) is 14.7. The minimum Gasteiger partial charge on any atom is -0.370 e. The number of amides is 1. The van der Waals surface area contributed by atoms with Gasteiger partial charge >= 0.3 is 0 Å². The molecule has 0 spiro atoms. The molecule has 134 valence electrons. The number of nitriles is 1. The molecule has 0 saturated carbocycles. The fourth-order valence-corrected chi connectivity index (χ4v) is 2.53. The number of aromatic nitrogens is 1. The SMILES string of the molecule is N#Cc1ccc(NC(=O)c2ccnc(NCCc3ccccc3F)c2)cc1. The topological polar surface area (TPSA) is 77.8 Å². The van der Waals surface area contributed by atoms with Crippen LogP contribution in [0.15, 0.2) is 66.9 Å². The Kier molecular flexibility index (Phi) is 5.75. The van der Waals surface area contributed by atoms with Crippen LogP contribution in [0, 0.1) is 17.1 Å². The molecular formula is C21H17FN4O. The second-order valence-electron chi connectivity index (χ2n) is 5.84. The number of hydrogen-bond donors (Lipinski definition) is 2. The summed E-state index contributed by atoms with van der Waals surface area (Å²) in [6, 6.07) is 18.5. The van der Waals surface area contributed by atoms with E-state index in [2.05, 4.69) is 15.6 Å². The highest BCUT2D eigenvalue weighted by Crippen LogP contribution is 2.13. The molecule has 0 aliphatic carbocycles. The van der Waals surface area contributed by atoms with Crippen molar-refractivity contribution < 1.29 is 9.18 Å². The number of anilines is 2. The molecule has 0 fully saturated rings. The Morgan fingerprint density at radius 3 is 2.63 bits per heavy atom. The van der Waals surface area contributed by atoms with Gasteiger partial charge in [0.05, 0.1) is 11.6 Å². The van der Waals surface area contributed by atoms with E-state index in [1.807, 2.05) is 6.07 Å². The van der Waals surface area contributed by atoms with Crippen LogP contribution in [0.2, 0.25) is 0 Å². The van der Waals surface area contributed by atoms with Crippen LogP contribution in [0.1, 0.15) is 21.5 Å². The van der Waals surface area contributed by atoms with Gasteiger partial charge < -0.3 is 10.6 Å². The third-order valence-corrected chi connectivity index (χ3v) is 3.95. The normalized spacial score (nSPS) is 10.1. The first-order chi connectivity index (χ1) is 13.2. The molecule has 2 aromatic carbocycles. The van der Waals surface area contributed by atoms with Gasteiger partial charge in [0.15, 0.2) is 0 Å². The Labute approximate surface area is 156 Å². The van der Waals surface area contributed by atoms with Crippen LogP contribution in [-0.4, -0.2) is 17.4 Å². The lowest BCUT2D eigenvalue weighted by molar-refractivity contribution is 0.102. The van der Waals surface area contributed by atoms with Gasteiger partial charge in [0, 0.05) is 24.0 Å². The largest absolute Gasteiger partial charge is 0.370 e. The van der Waals surface area contributed by atoms with Crippen molar-refractivity contribution in [2.24, 2.45) is 0 Å². The third-order valence-electron chi connectivity index (χ3n) is 3.95. The van der Waals surface area contributed by atoms with Crippen molar-refractivity contribution in [1.29, 1.82) is 5.26 Å². The number of benzene rings is 2. The van der Waals surface area contributed by atoms with Crippen LogP contribution in [0.3, 0.4) is 0 Å². The van der Waals surface area contributed by atoms with Gasteiger partial charge in [-0.05, 0) is 54.4 Å². The Balaban J connectivity index is 1.60. The highest BCUT2D eigenvalue weighted by Gasteiger charge is 2.08. The van der Waals surface area contributed by atoms with E-state index in [4.69, 9.17) is 5.26 Å². The molecule has 1 amide bonds. The van der Waals surface area contributed by atoms with Crippen molar-refractivity contribution in [3.63, 3.8) is 0 Å². The van der Waals surface area contributed by atoms with Crippen molar-refractivity contribution >= 4 is 17.4 Å². The maximum absolute atomic E-state index is 13.6. The summed E-state index contributed by atoms with van der Waals surface area (Å²) in [6.07, 6.45) is 2.05. The second kappa shape index (κ2) is 8.59. The zero-order chi connectivity index (χ0) is 19.1. The number of carbonyl (C=O) groups excluding carboxylic acids is 1. The molecular weight excluding hydrogens is 343 g/mol. The van der Waals surface area contributed by atoms with E-state index in [1.165, 1.54) is 6.07 Å². The lowest BCUT2D eigenvalue weighted by atomic mass is 10.1. The molecule has 0 atom stereocenters. The number of hydrogen-bond acceptors (Lipinski definition) is 4. The maximum Gasteiger partial charge on any atom is 0.255 e. The molecule has 0 bridgehead atoms. The molecule has 3 aromatic rings. The Morgan fingerprint density at radius 1 is 1.11 bits per heavy atom. The third kappa shape index (κ3) is 4.89. The summed E-state index contributed by atoms with van der Waals surface area (Å²) in [5.74, 6) is 0.0286. The standard InChI is InChI=1S/C21H17FN4O/c22-19-4-2-1-3-16(19)9-11-24-20-13-17(10-12-25-20)21(27)26-18-7-5-15(14-23)6-8-18/h1-8,10,12-13H,9,11H2,(H,24,25)(H,26,27). The fourth-order valence-electron chi connectivity index (χ4n) is 2.53. The van der Waals surface area contributed by atoms with Gasteiger partial charge in [0.1, 0.15) is 11.6 Å². The van der Waals surface area contributed by atoms with Crippen molar-refractivity contribution in [3.05, 3.63) is 89.4 Å². The molecule has 0 aliphatic rings. The van der Waals surface area contributed by atoms with Crippen LogP contribution >= 0.6 is 0 Å². The summed E-state index contributed by atoms with van der Waals surface area (Å²) in [4.78, 5) is 16.6. The average Bonchev–Trinajstić information content (AvgIpc) is 2.70. The van der Waals surface area contributed by atoms with Gasteiger partial charge in [-0.3, -0.25) is 4.79 Å². The van der Waals surface area contributed by atoms with Crippen molar-refractivity contribution in [2.45, 2.75) is 6.42 Å². The average molecular weight is 360 g/mol. The van der Waals surface area contributed by atoms with Crippen molar-refractivity contribution in [2.75, 3.05) is 17.2 Å². The highest BCUT2D eigenvalue weighted by atomic mass is 19.1. The van der Waals surface area contributed by atoms with E-state index in [0.29, 0.717) is 41.2 Å². The van der Waals surface area contributed by atoms with Gasteiger partial charge in [-0.1, -0.05) is 18.2 Å². The van der Waals surface area contributed by atoms with Crippen LogP contribution < -0.4 is 10.6 Å². The Bertz CT molecular complexity index is 980. The molecule has 0 radical (unpaired) electrons. The first-order valence-electron chi connectivity index (χ1n) is 8.40. The maximum atomic E-state index is 13.6. The first kappa shape index (κ1) is 18.1. The molecule has 5 nitrogen and oxygen atoms in total. The number of nitrogens with zero attached hydrogens (tertiary/aromatic N) is 2. The number of halogens is 1. The number of pyridine rings is 1. The van der Waals surface area contributed by atoms with Crippen molar-refractivity contribution in [1.82, 2.24) is 4.98 Å². The van der Waals surface area contributed by atoms with Crippen LogP contribution in [0.5, 0.6) is 0 Å². The van der Waals surface area contributed by atoms with E-state index in [1.54, 1.807) is 60.8 Å². The smallest absolute Gasteiger partial charge is 0.255 e. The predicted molar refractivity (Wildman–Crippen MR) is 102 cm³/mol. The highest BCUT2D eigenvalue weighted by molar-refractivity contribution is 6.04. The molecule has 1 heterocycles. The zero-order valence-corrected chi connectivity index (χ0v) is 14.4. The summed E-state index contributed by atoms with van der Waals surface area (Å²) in [7, 11) is 0. The minimum absolute atomic E-state index is 0.234.